The summed E-state index contributed by atoms with van der Waals surface area (Å²) in [4.78, 5) is 24.3. The van der Waals surface area contributed by atoms with Crippen molar-refractivity contribution in [2.45, 2.75) is 13.5 Å². The quantitative estimate of drug-likeness (QED) is 0.371. The van der Waals surface area contributed by atoms with E-state index >= 15 is 0 Å². The van der Waals surface area contributed by atoms with E-state index in [1.807, 2.05) is 31.2 Å². The molecule has 1 aromatic heterocycles. The van der Waals surface area contributed by atoms with Crippen molar-refractivity contribution in [1.29, 1.82) is 5.41 Å². The molecule has 3 N–H and O–H groups in total. The summed E-state index contributed by atoms with van der Waals surface area (Å²) >= 11 is 0. The summed E-state index contributed by atoms with van der Waals surface area (Å²) in [6.07, 6.45) is 0. The molecule has 0 spiro atoms. The molecule has 3 aromatic carbocycles. The Morgan fingerprint density at radius 3 is 2.06 bits per heavy atom. The number of carboxylic acid groups (broad SMARTS) is 2. The molecule has 7 nitrogen and oxygen atoms in total. The summed E-state index contributed by atoms with van der Waals surface area (Å²) < 4.78 is 5.81. The Balaban J connectivity index is 1.63. The largest absolute Gasteiger partial charge is 0.478 e. The highest BCUT2D eigenvalue weighted by molar-refractivity contribution is 5.89. The molecule has 1 heterocycles. The van der Waals surface area contributed by atoms with E-state index in [0.717, 1.165) is 23.2 Å². The van der Waals surface area contributed by atoms with E-state index < -0.39 is 11.9 Å². The molecule has 0 aliphatic carbocycles. The first-order chi connectivity index (χ1) is 15.9. The molecule has 4 rings (SSSR count). The lowest BCUT2D eigenvalue weighted by Gasteiger charge is -2.23. The summed E-state index contributed by atoms with van der Waals surface area (Å²) in [7, 11) is 0. The van der Waals surface area contributed by atoms with Gasteiger partial charge >= 0.3 is 11.9 Å². The fourth-order valence-electron chi connectivity index (χ4n) is 3.68. The minimum atomic E-state index is -0.998. The molecule has 0 amide bonds. The number of hydrogen-bond acceptors (Lipinski definition) is 5. The molecule has 0 aliphatic heterocycles. The maximum atomic E-state index is 11.1. The van der Waals surface area contributed by atoms with Crippen LogP contribution in [0.25, 0.3) is 22.1 Å². The first-order valence-electron chi connectivity index (χ1n) is 10.4. The van der Waals surface area contributed by atoms with E-state index in [0.29, 0.717) is 23.3 Å². The summed E-state index contributed by atoms with van der Waals surface area (Å²) in [5.74, 6) is -1.95. The molecule has 166 valence electrons. The summed E-state index contributed by atoms with van der Waals surface area (Å²) in [6.45, 7) is 3.37. The SMILES string of the molecule is CCN(Cc1ccc(C(=O)O)cc1)c1ccc2cc(-c3ccc(C(=O)O)cc3)c(=N)oc2c1. The van der Waals surface area contributed by atoms with Gasteiger partial charge in [0.25, 0.3) is 0 Å². The number of anilines is 1. The molecule has 0 bridgehead atoms. The van der Waals surface area contributed by atoms with Gasteiger partial charge in [0.2, 0.25) is 5.55 Å². The normalized spacial score (nSPS) is 10.8. The fraction of sp³-hybridized carbons (Fsp3) is 0.115. The van der Waals surface area contributed by atoms with Gasteiger partial charge < -0.3 is 19.5 Å². The van der Waals surface area contributed by atoms with Gasteiger partial charge in [-0.15, -0.1) is 0 Å². The molecule has 7 heteroatoms. The van der Waals surface area contributed by atoms with Crippen LogP contribution in [0.4, 0.5) is 5.69 Å². The van der Waals surface area contributed by atoms with Crippen LogP contribution in [0.2, 0.25) is 0 Å². The molecule has 33 heavy (non-hydrogen) atoms. The lowest BCUT2D eigenvalue weighted by Crippen LogP contribution is -2.22. The lowest BCUT2D eigenvalue weighted by molar-refractivity contribution is 0.0686. The molecular weight excluding hydrogens is 420 g/mol. The zero-order chi connectivity index (χ0) is 23.5. The average molecular weight is 442 g/mol. The second-order valence-corrected chi connectivity index (χ2v) is 7.61. The topological polar surface area (TPSA) is 115 Å². The van der Waals surface area contributed by atoms with Crippen molar-refractivity contribution in [3.63, 3.8) is 0 Å². The molecule has 0 radical (unpaired) electrons. The Bertz CT molecular complexity index is 1390. The van der Waals surface area contributed by atoms with Crippen LogP contribution in [-0.4, -0.2) is 28.7 Å². The van der Waals surface area contributed by atoms with Gasteiger partial charge in [-0.05, 0) is 60.5 Å². The van der Waals surface area contributed by atoms with E-state index in [1.54, 1.807) is 36.4 Å². The van der Waals surface area contributed by atoms with Gasteiger partial charge in [0.05, 0.1) is 11.1 Å². The van der Waals surface area contributed by atoms with E-state index in [9.17, 15) is 9.59 Å². The number of rotatable bonds is 7. The molecule has 0 aliphatic rings. The van der Waals surface area contributed by atoms with Crippen LogP contribution in [-0.2, 0) is 6.54 Å². The van der Waals surface area contributed by atoms with Crippen LogP contribution < -0.4 is 10.5 Å². The van der Waals surface area contributed by atoms with Crippen molar-refractivity contribution in [2.75, 3.05) is 11.4 Å². The minimum Gasteiger partial charge on any atom is -0.478 e. The predicted molar refractivity (Wildman–Crippen MR) is 125 cm³/mol. The van der Waals surface area contributed by atoms with Gasteiger partial charge in [-0.1, -0.05) is 24.3 Å². The van der Waals surface area contributed by atoms with Crippen LogP contribution >= 0.6 is 0 Å². The van der Waals surface area contributed by atoms with Crippen molar-refractivity contribution in [1.82, 2.24) is 0 Å². The van der Waals surface area contributed by atoms with Crippen LogP contribution in [0.3, 0.4) is 0 Å². The third-order valence-corrected chi connectivity index (χ3v) is 5.52. The maximum Gasteiger partial charge on any atom is 0.335 e. The highest BCUT2D eigenvalue weighted by atomic mass is 16.4. The van der Waals surface area contributed by atoms with E-state index in [-0.39, 0.29) is 16.7 Å². The molecule has 0 atom stereocenters. The van der Waals surface area contributed by atoms with Gasteiger partial charge in [0, 0.05) is 35.8 Å². The van der Waals surface area contributed by atoms with Crippen molar-refractivity contribution in [3.8, 4) is 11.1 Å². The van der Waals surface area contributed by atoms with Gasteiger partial charge in [-0.2, -0.15) is 0 Å². The second-order valence-electron chi connectivity index (χ2n) is 7.61. The number of hydrogen-bond donors (Lipinski definition) is 3. The highest BCUT2D eigenvalue weighted by Crippen LogP contribution is 2.26. The maximum absolute atomic E-state index is 11.1. The zero-order valence-electron chi connectivity index (χ0n) is 17.9. The summed E-state index contributed by atoms with van der Waals surface area (Å²) in [5.41, 5.74) is 4.21. The fourth-order valence-corrected chi connectivity index (χ4v) is 3.68. The lowest BCUT2D eigenvalue weighted by atomic mass is 10.0. The zero-order valence-corrected chi connectivity index (χ0v) is 17.9. The first kappa shape index (κ1) is 21.8. The van der Waals surface area contributed by atoms with Crippen molar-refractivity contribution < 1.29 is 24.2 Å². The van der Waals surface area contributed by atoms with Crippen LogP contribution in [0.5, 0.6) is 0 Å². The Labute approximate surface area is 189 Å². The first-order valence-corrected chi connectivity index (χ1v) is 10.4. The van der Waals surface area contributed by atoms with E-state index in [2.05, 4.69) is 4.90 Å². The van der Waals surface area contributed by atoms with E-state index in [4.69, 9.17) is 20.0 Å². The van der Waals surface area contributed by atoms with Crippen LogP contribution in [0.1, 0.15) is 33.2 Å². The Morgan fingerprint density at radius 1 is 0.879 bits per heavy atom. The number of carbonyl (C=O) groups is 2. The average Bonchev–Trinajstić information content (AvgIpc) is 2.82. The Morgan fingerprint density at radius 2 is 1.48 bits per heavy atom. The molecule has 0 saturated heterocycles. The van der Waals surface area contributed by atoms with Gasteiger partial charge in [-0.3, -0.25) is 5.41 Å². The minimum absolute atomic E-state index is 0.00460. The van der Waals surface area contributed by atoms with Crippen molar-refractivity contribution >= 4 is 28.6 Å². The third-order valence-electron chi connectivity index (χ3n) is 5.52. The van der Waals surface area contributed by atoms with Gasteiger partial charge in [0.1, 0.15) is 5.58 Å². The number of benzene rings is 3. The van der Waals surface area contributed by atoms with E-state index in [1.165, 1.54) is 12.1 Å². The number of fused-ring (bicyclic) bond motifs is 1. The molecule has 0 saturated carbocycles. The molecular formula is C26H22N2O5. The number of carboxylic acids is 2. The van der Waals surface area contributed by atoms with Crippen LogP contribution in [0, 0.1) is 5.41 Å². The summed E-state index contributed by atoms with van der Waals surface area (Å²) in [6, 6.07) is 20.8. The third kappa shape index (κ3) is 4.62. The number of aromatic carboxylic acids is 2. The predicted octanol–water partition coefficient (Wildman–Crippen LogP) is 5.00. The Kier molecular flexibility index (Phi) is 5.95. The number of nitrogens with zero attached hydrogens (tertiary/aromatic N) is 1. The molecule has 0 unspecified atom stereocenters. The standard InChI is InChI=1S/C26H22N2O5/c1-2-28(15-16-3-5-18(6-4-16)25(29)30)21-12-11-20-13-22(24(27)33-23(20)14-21)17-7-9-19(10-8-17)26(31)32/h3-14,27H,2,15H2,1H3,(H,29,30)(H,31,32). The van der Waals surface area contributed by atoms with Gasteiger partial charge in [-0.25, -0.2) is 9.59 Å². The monoisotopic (exact) mass is 442 g/mol. The smallest absolute Gasteiger partial charge is 0.335 e. The van der Waals surface area contributed by atoms with Crippen molar-refractivity contribution in [3.05, 3.63) is 95.0 Å². The Hall–Kier alpha value is -4.39. The highest BCUT2D eigenvalue weighted by Gasteiger charge is 2.11. The van der Waals surface area contributed by atoms with Crippen LogP contribution in [0.15, 0.2) is 77.2 Å². The molecule has 4 aromatic rings. The molecule has 0 fully saturated rings. The number of nitrogens with one attached hydrogen (secondary N) is 1. The van der Waals surface area contributed by atoms with Gasteiger partial charge in [0.15, 0.2) is 0 Å². The summed E-state index contributed by atoms with van der Waals surface area (Å²) in [5, 5.41) is 27.3. The van der Waals surface area contributed by atoms with Crippen molar-refractivity contribution in [2.24, 2.45) is 0 Å². The second kappa shape index (κ2) is 9.00.